The first-order valence-corrected chi connectivity index (χ1v) is 7.44. The second-order valence-electron chi connectivity index (χ2n) is 3.52. The number of aryl methyl sites for hydroxylation is 1. The smallest absolute Gasteiger partial charge is 0.263 e. The fourth-order valence-corrected chi connectivity index (χ4v) is 3.13. The van der Waals surface area contributed by atoms with Gasteiger partial charge in [0, 0.05) is 5.69 Å². The third-order valence-corrected chi connectivity index (χ3v) is 4.38. The summed E-state index contributed by atoms with van der Waals surface area (Å²) in [5, 5.41) is 10.7. The number of amides is 1. The third-order valence-electron chi connectivity index (χ3n) is 2.14. The van der Waals surface area contributed by atoms with E-state index in [0.29, 0.717) is 17.1 Å². The van der Waals surface area contributed by atoms with Crippen LogP contribution in [0.25, 0.3) is 0 Å². The van der Waals surface area contributed by atoms with Crippen molar-refractivity contribution < 1.29 is 13.2 Å². The zero-order chi connectivity index (χ0) is 13.9. The first kappa shape index (κ1) is 13.4. The largest absolute Gasteiger partial charge is 0.329 e. The lowest BCUT2D eigenvalue weighted by Crippen LogP contribution is -2.12. The summed E-state index contributed by atoms with van der Waals surface area (Å²) in [7, 11) is -3.69. The van der Waals surface area contributed by atoms with Crippen LogP contribution in [0.4, 0.5) is 10.8 Å². The molecule has 0 fully saturated rings. The Morgan fingerprint density at radius 3 is 2.42 bits per heavy atom. The quantitative estimate of drug-likeness (QED) is 0.808. The van der Waals surface area contributed by atoms with E-state index in [1.54, 1.807) is 6.92 Å². The Balaban J connectivity index is 2.21. The highest BCUT2D eigenvalue weighted by Crippen LogP contribution is 2.20. The molecule has 2 aromatic rings. The van der Waals surface area contributed by atoms with Crippen LogP contribution < -0.4 is 10.0 Å². The van der Waals surface area contributed by atoms with Crippen molar-refractivity contribution in [1.29, 1.82) is 0 Å². The van der Waals surface area contributed by atoms with E-state index in [9.17, 15) is 13.2 Å². The Morgan fingerprint density at radius 2 is 1.89 bits per heavy atom. The molecule has 19 heavy (non-hydrogen) atoms. The van der Waals surface area contributed by atoms with Crippen molar-refractivity contribution in [3.8, 4) is 0 Å². The summed E-state index contributed by atoms with van der Waals surface area (Å²) in [6, 6.07) is 5.77. The van der Waals surface area contributed by atoms with E-state index in [0.717, 1.165) is 11.3 Å². The highest BCUT2D eigenvalue weighted by atomic mass is 32.2. The number of anilines is 2. The molecule has 9 heteroatoms. The highest BCUT2D eigenvalue weighted by Gasteiger charge is 2.16. The summed E-state index contributed by atoms with van der Waals surface area (Å²) in [6.07, 6.45) is 0.520. The Morgan fingerprint density at radius 1 is 1.21 bits per heavy atom. The molecule has 7 nitrogen and oxygen atoms in total. The number of hydrogen-bond donors (Lipinski definition) is 2. The normalized spacial score (nSPS) is 11.0. The van der Waals surface area contributed by atoms with Gasteiger partial charge in [0.05, 0.1) is 4.90 Å². The molecular formula is C10H10N4O3S2. The summed E-state index contributed by atoms with van der Waals surface area (Å²) in [5.74, 6) is 0. The van der Waals surface area contributed by atoms with Gasteiger partial charge in [-0.1, -0.05) is 11.3 Å². The molecule has 0 atom stereocenters. The molecule has 0 aliphatic rings. The van der Waals surface area contributed by atoms with Crippen LogP contribution in [-0.4, -0.2) is 25.0 Å². The van der Waals surface area contributed by atoms with E-state index in [1.807, 2.05) is 0 Å². The van der Waals surface area contributed by atoms with Crippen molar-refractivity contribution >= 4 is 38.6 Å². The van der Waals surface area contributed by atoms with Gasteiger partial charge in [0.25, 0.3) is 10.0 Å². The molecule has 0 aliphatic heterocycles. The molecule has 1 aromatic carbocycles. The number of nitrogens with one attached hydrogen (secondary N) is 2. The van der Waals surface area contributed by atoms with E-state index in [2.05, 4.69) is 20.2 Å². The Labute approximate surface area is 113 Å². The van der Waals surface area contributed by atoms with Crippen molar-refractivity contribution in [2.45, 2.75) is 11.8 Å². The van der Waals surface area contributed by atoms with Gasteiger partial charge in [-0.2, -0.15) is 0 Å². The van der Waals surface area contributed by atoms with Gasteiger partial charge in [-0.15, -0.1) is 10.2 Å². The lowest BCUT2D eigenvalue weighted by Gasteiger charge is -2.05. The summed E-state index contributed by atoms with van der Waals surface area (Å²) >= 11 is 1.15. The predicted octanol–water partition coefficient (Wildman–Crippen LogP) is 1.22. The minimum Gasteiger partial charge on any atom is -0.329 e. The fourth-order valence-electron chi connectivity index (χ4n) is 1.31. The zero-order valence-corrected chi connectivity index (χ0v) is 11.5. The van der Waals surface area contributed by atoms with E-state index in [-0.39, 0.29) is 10.0 Å². The number of rotatable bonds is 5. The van der Waals surface area contributed by atoms with Crippen LogP contribution in [0.1, 0.15) is 5.01 Å². The van der Waals surface area contributed by atoms with Gasteiger partial charge >= 0.3 is 0 Å². The molecule has 1 heterocycles. The minimum atomic E-state index is -3.69. The summed E-state index contributed by atoms with van der Waals surface area (Å²) in [5.41, 5.74) is 0.515. The molecule has 1 amide bonds. The Hall–Kier alpha value is -2.00. The molecule has 0 saturated carbocycles. The number of nitrogens with zero attached hydrogens (tertiary/aromatic N) is 2. The van der Waals surface area contributed by atoms with Crippen LogP contribution in [0.3, 0.4) is 0 Å². The second kappa shape index (κ2) is 5.33. The van der Waals surface area contributed by atoms with Crippen LogP contribution in [0.15, 0.2) is 29.2 Å². The number of benzene rings is 1. The van der Waals surface area contributed by atoms with Crippen molar-refractivity contribution in [3.63, 3.8) is 0 Å². The fraction of sp³-hybridized carbons (Fsp3) is 0.100. The number of hydrogen-bond acceptors (Lipinski definition) is 6. The monoisotopic (exact) mass is 298 g/mol. The maximum atomic E-state index is 12.0. The molecule has 100 valence electrons. The molecule has 0 radical (unpaired) electrons. The average Bonchev–Trinajstić information content (AvgIpc) is 2.75. The van der Waals surface area contributed by atoms with Crippen LogP contribution in [0.2, 0.25) is 0 Å². The van der Waals surface area contributed by atoms with Crippen LogP contribution in [-0.2, 0) is 14.8 Å². The van der Waals surface area contributed by atoms with Gasteiger partial charge in [0.15, 0.2) is 0 Å². The van der Waals surface area contributed by atoms with Crippen LogP contribution in [0, 0.1) is 6.92 Å². The number of aromatic nitrogens is 2. The van der Waals surface area contributed by atoms with Crippen molar-refractivity contribution in [2.75, 3.05) is 10.0 Å². The lowest BCUT2D eigenvalue weighted by atomic mass is 10.3. The first-order valence-electron chi connectivity index (χ1n) is 5.14. The SMILES string of the molecule is Cc1nnc(NS(=O)(=O)c2ccc(NC=O)cc2)s1. The lowest BCUT2D eigenvalue weighted by molar-refractivity contribution is -0.105. The third kappa shape index (κ3) is 3.26. The molecule has 0 aliphatic carbocycles. The molecule has 0 spiro atoms. The van der Waals surface area contributed by atoms with Crippen molar-refractivity contribution in [1.82, 2.24) is 10.2 Å². The average molecular weight is 298 g/mol. The standard InChI is InChI=1S/C10H10N4O3S2/c1-7-12-13-10(18-7)14-19(16,17)9-4-2-8(3-5-9)11-6-15/h2-6H,1H3,(H,11,15)(H,13,14). The molecule has 0 unspecified atom stereocenters. The maximum absolute atomic E-state index is 12.0. The molecule has 2 N–H and O–H groups in total. The van der Waals surface area contributed by atoms with Gasteiger partial charge in [-0.3, -0.25) is 9.52 Å². The van der Waals surface area contributed by atoms with Gasteiger partial charge in [0.2, 0.25) is 11.5 Å². The molecular weight excluding hydrogens is 288 g/mol. The van der Waals surface area contributed by atoms with Crippen molar-refractivity contribution in [3.05, 3.63) is 29.3 Å². The maximum Gasteiger partial charge on any atom is 0.263 e. The topological polar surface area (TPSA) is 101 Å². The molecule has 0 bridgehead atoms. The number of carbonyl (C=O) groups excluding carboxylic acids is 1. The number of carbonyl (C=O) groups is 1. The Bertz CT molecular complexity index is 679. The number of sulfonamides is 1. The minimum absolute atomic E-state index is 0.0804. The molecule has 0 saturated heterocycles. The first-order chi connectivity index (χ1) is 9.01. The van der Waals surface area contributed by atoms with Gasteiger partial charge in [-0.25, -0.2) is 8.42 Å². The summed E-state index contributed by atoms with van der Waals surface area (Å²) < 4.78 is 26.4. The summed E-state index contributed by atoms with van der Waals surface area (Å²) in [6.45, 7) is 1.73. The van der Waals surface area contributed by atoms with E-state index in [1.165, 1.54) is 24.3 Å². The zero-order valence-electron chi connectivity index (χ0n) is 9.82. The molecule has 2 rings (SSSR count). The molecule has 1 aromatic heterocycles. The highest BCUT2D eigenvalue weighted by molar-refractivity contribution is 7.93. The van der Waals surface area contributed by atoms with Gasteiger partial charge < -0.3 is 5.32 Å². The summed E-state index contributed by atoms with van der Waals surface area (Å²) in [4.78, 5) is 10.3. The van der Waals surface area contributed by atoms with Gasteiger partial charge in [-0.05, 0) is 31.2 Å². The van der Waals surface area contributed by atoms with Crippen LogP contribution in [0.5, 0.6) is 0 Å². The van der Waals surface area contributed by atoms with E-state index < -0.39 is 10.0 Å². The van der Waals surface area contributed by atoms with Crippen LogP contribution >= 0.6 is 11.3 Å². The van der Waals surface area contributed by atoms with Crippen molar-refractivity contribution in [2.24, 2.45) is 0 Å². The second-order valence-corrected chi connectivity index (χ2v) is 6.38. The van der Waals surface area contributed by atoms with Gasteiger partial charge in [0.1, 0.15) is 5.01 Å². The predicted molar refractivity (Wildman–Crippen MR) is 71.6 cm³/mol. The van der Waals surface area contributed by atoms with E-state index >= 15 is 0 Å². The van der Waals surface area contributed by atoms with E-state index in [4.69, 9.17) is 0 Å². The Kier molecular flexibility index (Phi) is 3.76.